The first-order chi connectivity index (χ1) is 9.22. The molecule has 0 N–H and O–H groups in total. The summed E-state index contributed by atoms with van der Waals surface area (Å²) in [6, 6.07) is 2.33. The molecule has 4 heteroatoms. The minimum absolute atomic E-state index is 0.0737. The van der Waals surface area contributed by atoms with Gasteiger partial charge in [-0.05, 0) is 32.6 Å². The lowest BCUT2D eigenvalue weighted by atomic mass is 9.74. The summed E-state index contributed by atoms with van der Waals surface area (Å²) in [7, 11) is 0. The van der Waals surface area contributed by atoms with Crippen LogP contribution >= 0.6 is 0 Å². The van der Waals surface area contributed by atoms with Gasteiger partial charge in [-0.25, -0.2) is 0 Å². The Morgan fingerprint density at radius 1 is 1.32 bits per heavy atom. The molecule has 0 atom stereocenters. The van der Waals surface area contributed by atoms with Crippen molar-refractivity contribution in [2.24, 2.45) is 5.41 Å². The standard InChI is InChI=1S/C15H24N2O2/c1-2-19-13-6-10-17(11-7-13)14(18)15(12-16)8-4-3-5-9-15/h13H,2-11H2,1H3. The van der Waals surface area contributed by atoms with E-state index < -0.39 is 5.41 Å². The quantitative estimate of drug-likeness (QED) is 0.787. The van der Waals surface area contributed by atoms with Crippen LogP contribution in [0.1, 0.15) is 51.9 Å². The van der Waals surface area contributed by atoms with Gasteiger partial charge in [-0.15, -0.1) is 0 Å². The van der Waals surface area contributed by atoms with E-state index in [2.05, 4.69) is 6.07 Å². The molecule has 0 unspecified atom stereocenters. The first-order valence-corrected chi connectivity index (χ1v) is 7.54. The molecule has 0 aromatic carbocycles. The van der Waals surface area contributed by atoms with Gasteiger partial charge in [0.25, 0.3) is 0 Å². The SMILES string of the molecule is CCOC1CCN(C(=O)C2(C#N)CCCCC2)CC1. The minimum atomic E-state index is -0.725. The van der Waals surface area contributed by atoms with E-state index in [-0.39, 0.29) is 5.91 Å². The Bertz CT molecular complexity index is 348. The van der Waals surface area contributed by atoms with Crippen LogP contribution in [-0.2, 0) is 9.53 Å². The second-order valence-electron chi connectivity index (χ2n) is 5.70. The van der Waals surface area contributed by atoms with E-state index >= 15 is 0 Å². The van der Waals surface area contributed by atoms with Crippen LogP contribution in [0.2, 0.25) is 0 Å². The molecule has 0 radical (unpaired) electrons. The molecule has 4 nitrogen and oxygen atoms in total. The third kappa shape index (κ3) is 3.09. The molecule has 1 aliphatic carbocycles. The molecule has 2 fully saturated rings. The number of ether oxygens (including phenoxy) is 1. The van der Waals surface area contributed by atoms with Crippen molar-refractivity contribution in [1.29, 1.82) is 5.26 Å². The summed E-state index contributed by atoms with van der Waals surface area (Å²) < 4.78 is 5.60. The average Bonchev–Trinajstić information content (AvgIpc) is 2.48. The van der Waals surface area contributed by atoms with Gasteiger partial charge >= 0.3 is 0 Å². The summed E-state index contributed by atoms with van der Waals surface area (Å²) in [6.07, 6.45) is 6.76. The van der Waals surface area contributed by atoms with E-state index in [1.807, 2.05) is 11.8 Å². The molecule has 19 heavy (non-hydrogen) atoms. The zero-order valence-electron chi connectivity index (χ0n) is 11.9. The fourth-order valence-corrected chi connectivity index (χ4v) is 3.29. The smallest absolute Gasteiger partial charge is 0.243 e. The van der Waals surface area contributed by atoms with Gasteiger partial charge in [-0.2, -0.15) is 5.26 Å². The summed E-state index contributed by atoms with van der Waals surface area (Å²) in [5.74, 6) is 0.0737. The maximum absolute atomic E-state index is 12.6. The molecule has 1 aliphatic heterocycles. The number of hydrogen-bond acceptors (Lipinski definition) is 3. The van der Waals surface area contributed by atoms with Crippen LogP contribution < -0.4 is 0 Å². The van der Waals surface area contributed by atoms with E-state index in [9.17, 15) is 10.1 Å². The number of carbonyl (C=O) groups excluding carboxylic acids is 1. The van der Waals surface area contributed by atoms with Crippen LogP contribution in [-0.4, -0.2) is 36.6 Å². The highest BCUT2D eigenvalue weighted by Gasteiger charge is 2.43. The lowest BCUT2D eigenvalue weighted by Gasteiger charge is -2.38. The van der Waals surface area contributed by atoms with Gasteiger partial charge in [0, 0.05) is 19.7 Å². The fraction of sp³-hybridized carbons (Fsp3) is 0.867. The summed E-state index contributed by atoms with van der Waals surface area (Å²) >= 11 is 0. The zero-order valence-corrected chi connectivity index (χ0v) is 11.9. The number of likely N-dealkylation sites (tertiary alicyclic amines) is 1. The van der Waals surface area contributed by atoms with E-state index in [1.165, 1.54) is 0 Å². The number of carbonyl (C=O) groups is 1. The number of nitriles is 1. The number of rotatable bonds is 3. The fourth-order valence-electron chi connectivity index (χ4n) is 3.29. The molecule has 0 bridgehead atoms. The van der Waals surface area contributed by atoms with E-state index in [1.54, 1.807) is 0 Å². The Kier molecular flexibility index (Phi) is 4.81. The Hall–Kier alpha value is -1.08. The third-order valence-corrected chi connectivity index (χ3v) is 4.46. The van der Waals surface area contributed by atoms with Gasteiger partial charge in [0.05, 0.1) is 12.2 Å². The molecular weight excluding hydrogens is 240 g/mol. The Labute approximate surface area is 115 Å². The summed E-state index contributed by atoms with van der Waals surface area (Å²) in [4.78, 5) is 14.5. The molecule has 2 aliphatic rings. The second kappa shape index (κ2) is 6.38. The molecule has 0 aromatic heterocycles. The predicted octanol–water partition coefficient (Wildman–Crippen LogP) is 2.49. The molecule has 2 rings (SSSR count). The third-order valence-electron chi connectivity index (χ3n) is 4.46. The molecular formula is C15H24N2O2. The maximum Gasteiger partial charge on any atom is 0.243 e. The van der Waals surface area contributed by atoms with Gasteiger partial charge in [0.1, 0.15) is 5.41 Å². The van der Waals surface area contributed by atoms with Gasteiger partial charge < -0.3 is 9.64 Å². The molecule has 1 saturated carbocycles. The van der Waals surface area contributed by atoms with Crippen LogP contribution in [0.4, 0.5) is 0 Å². The van der Waals surface area contributed by atoms with Crippen LogP contribution in [0.3, 0.4) is 0 Å². The summed E-state index contributed by atoms with van der Waals surface area (Å²) in [5.41, 5.74) is -0.725. The Morgan fingerprint density at radius 3 is 2.47 bits per heavy atom. The summed E-state index contributed by atoms with van der Waals surface area (Å²) in [6.45, 7) is 4.23. The van der Waals surface area contributed by atoms with E-state index in [0.29, 0.717) is 6.10 Å². The van der Waals surface area contributed by atoms with Gasteiger partial charge in [-0.3, -0.25) is 4.79 Å². The molecule has 1 amide bonds. The van der Waals surface area contributed by atoms with Crippen molar-refractivity contribution >= 4 is 5.91 Å². The monoisotopic (exact) mass is 264 g/mol. The molecule has 0 spiro atoms. The van der Waals surface area contributed by atoms with Crippen LogP contribution in [0.5, 0.6) is 0 Å². The highest BCUT2D eigenvalue weighted by atomic mass is 16.5. The van der Waals surface area contributed by atoms with Crippen molar-refractivity contribution in [1.82, 2.24) is 4.90 Å². The van der Waals surface area contributed by atoms with Gasteiger partial charge in [0.15, 0.2) is 0 Å². The van der Waals surface area contributed by atoms with Crippen molar-refractivity contribution in [2.45, 2.75) is 58.0 Å². The highest BCUT2D eigenvalue weighted by Crippen LogP contribution is 2.38. The molecule has 0 aromatic rings. The van der Waals surface area contributed by atoms with Crippen molar-refractivity contribution in [3.8, 4) is 6.07 Å². The average molecular weight is 264 g/mol. The number of piperidine rings is 1. The topological polar surface area (TPSA) is 53.3 Å². The van der Waals surface area contributed by atoms with E-state index in [0.717, 1.165) is 64.6 Å². The minimum Gasteiger partial charge on any atom is -0.378 e. The molecule has 1 heterocycles. The van der Waals surface area contributed by atoms with Crippen molar-refractivity contribution < 1.29 is 9.53 Å². The first kappa shape index (κ1) is 14.3. The maximum atomic E-state index is 12.6. The normalized spacial score (nSPS) is 23.9. The number of amides is 1. The molecule has 106 valence electrons. The van der Waals surface area contributed by atoms with Crippen LogP contribution in [0.15, 0.2) is 0 Å². The Morgan fingerprint density at radius 2 is 1.95 bits per heavy atom. The molecule has 1 saturated heterocycles. The second-order valence-corrected chi connectivity index (χ2v) is 5.70. The lowest BCUT2D eigenvalue weighted by Crippen LogP contribution is -2.48. The highest BCUT2D eigenvalue weighted by molar-refractivity contribution is 5.85. The van der Waals surface area contributed by atoms with Crippen molar-refractivity contribution in [3.63, 3.8) is 0 Å². The first-order valence-electron chi connectivity index (χ1n) is 7.54. The van der Waals surface area contributed by atoms with E-state index in [4.69, 9.17) is 4.74 Å². The van der Waals surface area contributed by atoms with Crippen LogP contribution in [0, 0.1) is 16.7 Å². The van der Waals surface area contributed by atoms with Gasteiger partial charge in [0.2, 0.25) is 5.91 Å². The lowest BCUT2D eigenvalue weighted by molar-refractivity contribution is -0.143. The largest absolute Gasteiger partial charge is 0.378 e. The zero-order chi connectivity index (χ0) is 13.7. The van der Waals surface area contributed by atoms with Crippen LogP contribution in [0.25, 0.3) is 0 Å². The summed E-state index contributed by atoms with van der Waals surface area (Å²) in [5, 5.41) is 9.46. The van der Waals surface area contributed by atoms with Crippen molar-refractivity contribution in [3.05, 3.63) is 0 Å². The Balaban J connectivity index is 1.95. The van der Waals surface area contributed by atoms with Gasteiger partial charge in [-0.1, -0.05) is 19.3 Å². The number of hydrogen-bond donors (Lipinski definition) is 0. The number of nitrogens with zero attached hydrogens (tertiary/aromatic N) is 2. The van der Waals surface area contributed by atoms with Crippen molar-refractivity contribution in [2.75, 3.05) is 19.7 Å². The predicted molar refractivity (Wildman–Crippen MR) is 72.4 cm³/mol.